The topological polar surface area (TPSA) is 37.3 Å². The van der Waals surface area contributed by atoms with Gasteiger partial charge < -0.3 is 5.11 Å². The fraction of sp³-hybridized carbons (Fsp3) is 0.667. The molecular formula is C9H16O2. The summed E-state index contributed by atoms with van der Waals surface area (Å²) in [5.74, 6) is -1.06. The lowest BCUT2D eigenvalue weighted by Gasteiger charge is -2.25. The Hall–Kier alpha value is -0.790. The van der Waals surface area contributed by atoms with Gasteiger partial charge in [0.05, 0.1) is 5.92 Å². The smallest absolute Gasteiger partial charge is 0.307 e. The molecule has 0 rings (SSSR count). The van der Waals surface area contributed by atoms with Crippen molar-refractivity contribution in [3.8, 4) is 0 Å². The molecule has 0 aliphatic carbocycles. The predicted molar refractivity (Wildman–Crippen MR) is 45.4 cm³/mol. The van der Waals surface area contributed by atoms with E-state index in [4.69, 9.17) is 5.11 Å². The summed E-state index contributed by atoms with van der Waals surface area (Å²) < 4.78 is 0. The molecule has 0 amide bonds. The van der Waals surface area contributed by atoms with E-state index in [1.807, 2.05) is 20.8 Å². The highest BCUT2D eigenvalue weighted by Crippen LogP contribution is 2.28. The number of carboxylic acid groups (broad SMARTS) is 1. The Morgan fingerprint density at radius 1 is 1.64 bits per heavy atom. The van der Waals surface area contributed by atoms with Gasteiger partial charge >= 0.3 is 5.97 Å². The summed E-state index contributed by atoms with van der Waals surface area (Å²) in [7, 11) is 0. The predicted octanol–water partition coefficient (Wildman–Crippen LogP) is 2.31. The number of hydrogen-bond donors (Lipinski definition) is 1. The van der Waals surface area contributed by atoms with E-state index < -0.39 is 5.97 Å². The molecule has 2 heteroatoms. The van der Waals surface area contributed by atoms with Crippen LogP contribution in [0.5, 0.6) is 0 Å². The molecule has 0 bridgehead atoms. The number of rotatable bonds is 3. The molecule has 0 aliphatic rings. The highest BCUT2D eigenvalue weighted by Gasteiger charge is 2.29. The summed E-state index contributed by atoms with van der Waals surface area (Å²) in [6.07, 6.45) is 2.20. The van der Waals surface area contributed by atoms with Gasteiger partial charge in [0.1, 0.15) is 0 Å². The molecule has 0 aliphatic heterocycles. The van der Waals surface area contributed by atoms with Gasteiger partial charge in [-0.25, -0.2) is 0 Å². The van der Waals surface area contributed by atoms with E-state index in [0.29, 0.717) is 6.42 Å². The molecule has 0 saturated carbocycles. The Morgan fingerprint density at radius 2 is 2.09 bits per heavy atom. The third-order valence-electron chi connectivity index (χ3n) is 1.75. The Morgan fingerprint density at radius 3 is 2.18 bits per heavy atom. The van der Waals surface area contributed by atoms with Crippen LogP contribution < -0.4 is 0 Å². The van der Waals surface area contributed by atoms with Gasteiger partial charge in [-0.1, -0.05) is 26.8 Å². The van der Waals surface area contributed by atoms with Crippen LogP contribution in [-0.4, -0.2) is 11.1 Å². The van der Waals surface area contributed by atoms with Crippen molar-refractivity contribution in [2.45, 2.75) is 27.2 Å². The number of hydrogen-bond acceptors (Lipinski definition) is 1. The van der Waals surface area contributed by atoms with Gasteiger partial charge in [0.25, 0.3) is 0 Å². The highest BCUT2D eigenvalue weighted by atomic mass is 16.4. The van der Waals surface area contributed by atoms with Crippen molar-refractivity contribution in [1.29, 1.82) is 0 Å². The van der Waals surface area contributed by atoms with Crippen LogP contribution in [0, 0.1) is 11.3 Å². The van der Waals surface area contributed by atoms with Crippen LogP contribution in [0.25, 0.3) is 0 Å². The fourth-order valence-electron chi connectivity index (χ4n) is 0.991. The molecule has 0 spiro atoms. The summed E-state index contributed by atoms with van der Waals surface area (Å²) in [5, 5.41) is 8.79. The zero-order chi connectivity index (χ0) is 9.07. The van der Waals surface area contributed by atoms with E-state index in [0.717, 1.165) is 0 Å². The maximum absolute atomic E-state index is 10.7. The molecule has 2 nitrogen and oxygen atoms in total. The van der Waals surface area contributed by atoms with Crippen LogP contribution in [0.4, 0.5) is 0 Å². The average Bonchev–Trinajstić information content (AvgIpc) is 1.79. The SMILES string of the molecule is C=CCC(C(=O)O)C(C)(C)C. The second-order valence-corrected chi connectivity index (χ2v) is 3.78. The molecule has 1 N–H and O–H groups in total. The molecule has 11 heavy (non-hydrogen) atoms. The zero-order valence-electron chi connectivity index (χ0n) is 7.42. The van der Waals surface area contributed by atoms with Crippen molar-refractivity contribution in [2.24, 2.45) is 11.3 Å². The monoisotopic (exact) mass is 156 g/mol. The van der Waals surface area contributed by atoms with Crippen molar-refractivity contribution in [3.63, 3.8) is 0 Å². The summed E-state index contributed by atoms with van der Waals surface area (Å²) in [6, 6.07) is 0. The first kappa shape index (κ1) is 10.2. The Bertz CT molecular complexity index is 153. The number of carbonyl (C=O) groups is 1. The van der Waals surface area contributed by atoms with Gasteiger partial charge in [-0.2, -0.15) is 0 Å². The lowest BCUT2D eigenvalue weighted by molar-refractivity contribution is -0.145. The standard InChI is InChI=1S/C9H16O2/c1-5-6-7(8(10)11)9(2,3)4/h5,7H,1,6H2,2-4H3,(H,10,11). The molecule has 64 valence electrons. The van der Waals surface area contributed by atoms with Gasteiger partial charge in [0.15, 0.2) is 0 Å². The number of aliphatic carboxylic acids is 1. The van der Waals surface area contributed by atoms with Crippen molar-refractivity contribution in [3.05, 3.63) is 12.7 Å². The first-order valence-electron chi connectivity index (χ1n) is 3.73. The molecule has 0 aromatic carbocycles. The molecule has 0 heterocycles. The highest BCUT2D eigenvalue weighted by molar-refractivity contribution is 5.71. The Balaban J connectivity index is 4.34. The minimum Gasteiger partial charge on any atom is -0.481 e. The molecule has 0 aromatic rings. The molecule has 0 radical (unpaired) electrons. The van der Waals surface area contributed by atoms with Crippen molar-refractivity contribution in [1.82, 2.24) is 0 Å². The van der Waals surface area contributed by atoms with Crippen LogP contribution in [0.2, 0.25) is 0 Å². The Labute approximate surface area is 67.9 Å². The van der Waals surface area contributed by atoms with Crippen LogP contribution >= 0.6 is 0 Å². The summed E-state index contributed by atoms with van der Waals surface area (Å²) in [6.45, 7) is 9.31. The van der Waals surface area contributed by atoms with Crippen LogP contribution in [-0.2, 0) is 4.79 Å². The lowest BCUT2D eigenvalue weighted by atomic mass is 9.79. The average molecular weight is 156 g/mol. The van der Waals surface area contributed by atoms with E-state index in [-0.39, 0.29) is 11.3 Å². The minimum atomic E-state index is -0.739. The normalized spacial score (nSPS) is 14.1. The third kappa shape index (κ3) is 3.21. The van der Waals surface area contributed by atoms with Crippen molar-refractivity contribution >= 4 is 5.97 Å². The van der Waals surface area contributed by atoms with E-state index >= 15 is 0 Å². The quantitative estimate of drug-likeness (QED) is 0.636. The molecule has 0 fully saturated rings. The van der Waals surface area contributed by atoms with Gasteiger partial charge in [-0.15, -0.1) is 6.58 Å². The van der Waals surface area contributed by atoms with E-state index in [2.05, 4.69) is 6.58 Å². The number of allylic oxidation sites excluding steroid dienone is 1. The second-order valence-electron chi connectivity index (χ2n) is 3.78. The van der Waals surface area contributed by atoms with Crippen molar-refractivity contribution in [2.75, 3.05) is 0 Å². The molecular weight excluding hydrogens is 140 g/mol. The van der Waals surface area contributed by atoms with E-state index in [1.165, 1.54) is 0 Å². The van der Waals surface area contributed by atoms with Gasteiger partial charge in [0.2, 0.25) is 0 Å². The maximum atomic E-state index is 10.7. The van der Waals surface area contributed by atoms with Gasteiger partial charge in [-0.3, -0.25) is 4.79 Å². The summed E-state index contributed by atoms with van der Waals surface area (Å²) in [5.41, 5.74) is -0.181. The van der Waals surface area contributed by atoms with Gasteiger partial charge in [0, 0.05) is 0 Å². The number of carboxylic acids is 1. The molecule has 1 atom stereocenters. The molecule has 0 aromatic heterocycles. The van der Waals surface area contributed by atoms with E-state index in [9.17, 15) is 4.79 Å². The first-order valence-corrected chi connectivity index (χ1v) is 3.73. The van der Waals surface area contributed by atoms with E-state index in [1.54, 1.807) is 6.08 Å². The maximum Gasteiger partial charge on any atom is 0.307 e. The summed E-state index contributed by atoms with van der Waals surface area (Å²) in [4.78, 5) is 10.7. The van der Waals surface area contributed by atoms with Crippen LogP contribution in [0.3, 0.4) is 0 Å². The minimum absolute atomic E-state index is 0.181. The summed E-state index contributed by atoms with van der Waals surface area (Å²) >= 11 is 0. The van der Waals surface area contributed by atoms with Crippen LogP contribution in [0.1, 0.15) is 27.2 Å². The van der Waals surface area contributed by atoms with Gasteiger partial charge in [-0.05, 0) is 11.8 Å². The second kappa shape index (κ2) is 3.56. The molecule has 0 saturated heterocycles. The zero-order valence-corrected chi connectivity index (χ0v) is 7.42. The lowest BCUT2D eigenvalue weighted by Crippen LogP contribution is -2.27. The third-order valence-corrected chi connectivity index (χ3v) is 1.75. The largest absolute Gasteiger partial charge is 0.481 e. The van der Waals surface area contributed by atoms with Crippen LogP contribution in [0.15, 0.2) is 12.7 Å². The molecule has 1 unspecified atom stereocenters. The van der Waals surface area contributed by atoms with Crippen molar-refractivity contribution < 1.29 is 9.90 Å². The first-order chi connectivity index (χ1) is 4.89. The fourth-order valence-corrected chi connectivity index (χ4v) is 0.991. The Kier molecular flexibility index (Phi) is 3.30.